The summed E-state index contributed by atoms with van der Waals surface area (Å²) in [5, 5.41) is 2.78. The van der Waals surface area contributed by atoms with E-state index in [4.69, 9.17) is 0 Å². The van der Waals surface area contributed by atoms with Crippen molar-refractivity contribution in [3.8, 4) is 0 Å². The highest BCUT2D eigenvalue weighted by atomic mass is 79.9. The van der Waals surface area contributed by atoms with Gasteiger partial charge in [-0.05, 0) is 37.1 Å². The molecule has 0 spiro atoms. The second-order valence-corrected chi connectivity index (χ2v) is 11.0. The molecule has 7 nitrogen and oxygen atoms in total. The predicted octanol–water partition coefficient (Wildman–Crippen LogP) is 3.54. The fourth-order valence-corrected chi connectivity index (χ4v) is 4.32. The van der Waals surface area contributed by atoms with Crippen LogP contribution in [0.1, 0.15) is 26.3 Å². The quantitative estimate of drug-likeness (QED) is 0.498. The van der Waals surface area contributed by atoms with Gasteiger partial charge in [0.1, 0.15) is 18.4 Å². The number of halogens is 2. The highest BCUT2D eigenvalue weighted by Crippen LogP contribution is 2.23. The average Bonchev–Trinajstić information content (AvgIpc) is 2.73. The lowest BCUT2D eigenvalue weighted by atomic mass is 10.1. The number of carbonyl (C=O) groups is 2. The van der Waals surface area contributed by atoms with Crippen molar-refractivity contribution >= 4 is 43.5 Å². The number of sulfonamides is 1. The van der Waals surface area contributed by atoms with E-state index < -0.39 is 40.2 Å². The summed E-state index contributed by atoms with van der Waals surface area (Å²) in [4.78, 5) is 27.3. The Morgan fingerprint density at radius 3 is 2.33 bits per heavy atom. The molecule has 0 aromatic heterocycles. The van der Waals surface area contributed by atoms with Gasteiger partial charge < -0.3 is 10.2 Å². The van der Waals surface area contributed by atoms with Crippen molar-refractivity contribution in [1.29, 1.82) is 0 Å². The summed E-state index contributed by atoms with van der Waals surface area (Å²) < 4.78 is 40.9. The third kappa shape index (κ3) is 7.82. The van der Waals surface area contributed by atoms with Gasteiger partial charge in [-0.1, -0.05) is 54.0 Å². The van der Waals surface area contributed by atoms with E-state index in [2.05, 4.69) is 21.2 Å². The number of hydrogen-bond donors (Lipinski definition) is 1. The fraction of sp³-hybridized carbons (Fsp3) is 0.391. The number of carbonyl (C=O) groups excluding carboxylic acids is 2. The molecule has 10 heteroatoms. The Balaban J connectivity index is 2.38. The molecule has 2 rings (SSSR count). The first kappa shape index (κ1) is 26.8. The number of nitrogens with zero attached hydrogens (tertiary/aromatic N) is 2. The molecule has 0 fully saturated rings. The summed E-state index contributed by atoms with van der Waals surface area (Å²) in [7, 11) is -3.82. The molecule has 0 saturated heterocycles. The molecular weight excluding hydrogens is 513 g/mol. The number of hydrogen-bond acceptors (Lipinski definition) is 4. The van der Waals surface area contributed by atoms with E-state index in [0.29, 0.717) is 16.7 Å². The van der Waals surface area contributed by atoms with Crippen LogP contribution in [0.3, 0.4) is 0 Å². The van der Waals surface area contributed by atoms with Crippen LogP contribution in [-0.4, -0.2) is 50.5 Å². The van der Waals surface area contributed by atoms with E-state index in [-0.39, 0.29) is 18.0 Å². The van der Waals surface area contributed by atoms with E-state index in [9.17, 15) is 22.4 Å². The molecule has 0 saturated carbocycles. The highest BCUT2D eigenvalue weighted by Gasteiger charge is 2.30. The van der Waals surface area contributed by atoms with Crippen molar-refractivity contribution in [2.45, 2.75) is 33.4 Å². The lowest BCUT2D eigenvalue weighted by Gasteiger charge is -2.31. The van der Waals surface area contributed by atoms with Crippen LogP contribution < -0.4 is 9.62 Å². The van der Waals surface area contributed by atoms with Crippen LogP contribution in [0, 0.1) is 11.7 Å². The Hall–Kier alpha value is -2.46. The molecule has 2 aromatic carbocycles. The monoisotopic (exact) mass is 541 g/mol. The molecule has 0 radical (unpaired) electrons. The Morgan fingerprint density at radius 2 is 1.76 bits per heavy atom. The van der Waals surface area contributed by atoms with Gasteiger partial charge in [-0.25, -0.2) is 12.8 Å². The number of anilines is 1. The van der Waals surface area contributed by atoms with Gasteiger partial charge in [-0.15, -0.1) is 0 Å². The van der Waals surface area contributed by atoms with Crippen molar-refractivity contribution in [3.05, 3.63) is 64.4 Å². The number of rotatable bonds is 10. The Labute approximate surface area is 203 Å². The molecule has 1 unspecified atom stereocenters. The third-order valence-corrected chi connectivity index (χ3v) is 6.56. The number of nitrogens with one attached hydrogen (secondary N) is 1. The van der Waals surface area contributed by atoms with Crippen LogP contribution in [0.5, 0.6) is 0 Å². The predicted molar refractivity (Wildman–Crippen MR) is 131 cm³/mol. The zero-order valence-corrected chi connectivity index (χ0v) is 21.5. The van der Waals surface area contributed by atoms with Crippen molar-refractivity contribution in [2.75, 3.05) is 23.7 Å². The SMILES string of the molecule is CC(C)CNC(=O)C(C)N(Cc1ccccc1F)C(=O)CN(c1cccc(Br)c1)S(C)(=O)=O. The number of benzene rings is 2. The van der Waals surface area contributed by atoms with Gasteiger partial charge in [-0.3, -0.25) is 13.9 Å². The second kappa shape index (κ2) is 11.6. The summed E-state index contributed by atoms with van der Waals surface area (Å²) >= 11 is 3.30. The molecule has 2 amide bonds. The Morgan fingerprint density at radius 1 is 1.09 bits per heavy atom. The summed E-state index contributed by atoms with van der Waals surface area (Å²) in [5.41, 5.74) is 0.519. The molecule has 180 valence electrons. The van der Waals surface area contributed by atoms with Crippen molar-refractivity contribution < 1.29 is 22.4 Å². The van der Waals surface area contributed by atoms with E-state index >= 15 is 0 Å². The van der Waals surface area contributed by atoms with Crippen LogP contribution in [0.15, 0.2) is 53.0 Å². The molecule has 1 N–H and O–H groups in total. The molecule has 0 heterocycles. The zero-order chi connectivity index (χ0) is 24.8. The first-order chi connectivity index (χ1) is 15.4. The largest absolute Gasteiger partial charge is 0.354 e. The van der Waals surface area contributed by atoms with Crippen LogP contribution in [0.4, 0.5) is 10.1 Å². The van der Waals surface area contributed by atoms with Gasteiger partial charge in [0.25, 0.3) is 0 Å². The molecule has 0 aliphatic heterocycles. The van der Waals surface area contributed by atoms with Crippen molar-refractivity contribution in [1.82, 2.24) is 10.2 Å². The smallest absolute Gasteiger partial charge is 0.244 e. The molecule has 1 atom stereocenters. The lowest BCUT2D eigenvalue weighted by molar-refractivity contribution is -0.139. The van der Waals surface area contributed by atoms with Gasteiger partial charge in [-0.2, -0.15) is 0 Å². The summed E-state index contributed by atoms with van der Waals surface area (Å²) in [6.45, 7) is 5.12. The summed E-state index contributed by atoms with van der Waals surface area (Å²) in [6, 6.07) is 11.5. The average molecular weight is 542 g/mol. The standard InChI is InChI=1S/C23H29BrFN3O4S/c1-16(2)13-26-23(30)17(3)27(14-18-8-5-6-11-21(18)25)22(29)15-28(33(4,31)32)20-10-7-9-19(24)12-20/h5-12,16-17H,13-15H2,1-4H3,(H,26,30). The normalized spacial score (nSPS) is 12.3. The van der Waals surface area contributed by atoms with E-state index in [0.717, 1.165) is 10.6 Å². The van der Waals surface area contributed by atoms with Crippen LogP contribution in [0.25, 0.3) is 0 Å². The minimum absolute atomic E-state index is 0.183. The minimum Gasteiger partial charge on any atom is -0.354 e. The van der Waals surface area contributed by atoms with Gasteiger partial charge in [0.05, 0.1) is 11.9 Å². The first-order valence-corrected chi connectivity index (χ1v) is 13.1. The van der Waals surface area contributed by atoms with Gasteiger partial charge in [0.2, 0.25) is 21.8 Å². The van der Waals surface area contributed by atoms with Gasteiger partial charge in [0, 0.05) is 23.1 Å². The Bertz CT molecular complexity index is 1090. The molecule has 2 aromatic rings. The van der Waals surface area contributed by atoms with Gasteiger partial charge in [0.15, 0.2) is 0 Å². The summed E-state index contributed by atoms with van der Waals surface area (Å²) in [5.74, 6) is -1.34. The molecule has 0 bridgehead atoms. The van der Waals surface area contributed by atoms with Crippen molar-refractivity contribution in [2.24, 2.45) is 5.92 Å². The van der Waals surface area contributed by atoms with E-state index in [1.165, 1.54) is 30.0 Å². The topological polar surface area (TPSA) is 86.8 Å². The highest BCUT2D eigenvalue weighted by molar-refractivity contribution is 9.10. The molecule has 33 heavy (non-hydrogen) atoms. The Kier molecular flexibility index (Phi) is 9.42. The molecule has 0 aliphatic carbocycles. The third-order valence-electron chi connectivity index (χ3n) is 4.93. The zero-order valence-electron chi connectivity index (χ0n) is 19.1. The van der Waals surface area contributed by atoms with Crippen LogP contribution in [0.2, 0.25) is 0 Å². The van der Waals surface area contributed by atoms with Gasteiger partial charge >= 0.3 is 0 Å². The minimum atomic E-state index is -3.82. The fourth-order valence-electron chi connectivity index (χ4n) is 3.09. The van der Waals surface area contributed by atoms with Crippen molar-refractivity contribution in [3.63, 3.8) is 0 Å². The maximum atomic E-state index is 14.3. The van der Waals surface area contributed by atoms with E-state index in [1.54, 1.807) is 30.3 Å². The maximum Gasteiger partial charge on any atom is 0.244 e. The second-order valence-electron chi connectivity index (χ2n) is 8.18. The lowest BCUT2D eigenvalue weighted by Crippen LogP contribution is -2.51. The molecular formula is C23H29BrFN3O4S. The summed E-state index contributed by atoms with van der Waals surface area (Å²) in [6.07, 6.45) is 1.00. The van der Waals surface area contributed by atoms with Crippen LogP contribution >= 0.6 is 15.9 Å². The molecule has 0 aliphatic rings. The first-order valence-electron chi connectivity index (χ1n) is 10.4. The van der Waals surface area contributed by atoms with E-state index in [1.807, 2.05) is 13.8 Å². The number of amides is 2. The maximum absolute atomic E-state index is 14.3. The van der Waals surface area contributed by atoms with Crippen LogP contribution in [-0.2, 0) is 26.2 Å².